The normalized spacial score (nSPS) is 13.6. The Kier molecular flexibility index (Phi) is 5.55. The quantitative estimate of drug-likeness (QED) is 0.590. The summed E-state index contributed by atoms with van der Waals surface area (Å²) in [6, 6.07) is 3.38. The minimum Gasteiger partial charge on any atom is -0.444 e. The van der Waals surface area contributed by atoms with Crippen molar-refractivity contribution in [1.82, 2.24) is 4.98 Å². The summed E-state index contributed by atoms with van der Waals surface area (Å²) in [5.74, 6) is 0.354. The lowest BCUT2D eigenvalue weighted by atomic mass is 10.2. The van der Waals surface area contributed by atoms with Gasteiger partial charge in [-0.25, -0.2) is 9.78 Å². The summed E-state index contributed by atoms with van der Waals surface area (Å²) in [5.41, 5.74) is -0.580. The summed E-state index contributed by atoms with van der Waals surface area (Å²) >= 11 is 0. The number of nitrogens with zero attached hydrogens (tertiary/aromatic N) is 1. The van der Waals surface area contributed by atoms with Crippen molar-refractivity contribution < 1.29 is 13.6 Å². The topological polar surface area (TPSA) is 51.2 Å². The maximum atomic E-state index is 16.1. The van der Waals surface area contributed by atoms with Crippen LogP contribution in [0.5, 0.6) is 0 Å². The number of aromatic nitrogens is 1. The lowest BCUT2D eigenvalue weighted by molar-refractivity contribution is 0.0635. The van der Waals surface area contributed by atoms with Gasteiger partial charge in [-0.2, -0.15) is 0 Å². The number of rotatable bonds is 2. The van der Waals surface area contributed by atoms with Crippen LogP contribution in [0.4, 0.5) is 14.7 Å². The number of carbonyl (C=O) groups excluding carboxylic acids is 1. The number of hydrogen-bond acceptors (Lipinski definition) is 3. The lowest BCUT2D eigenvalue weighted by Crippen LogP contribution is -2.58. The maximum absolute atomic E-state index is 16.1. The van der Waals surface area contributed by atoms with E-state index < -0.39 is 30.2 Å². The molecule has 0 aliphatic carbocycles. The molecule has 1 aromatic rings. The van der Waals surface area contributed by atoms with Crippen LogP contribution in [0.25, 0.3) is 0 Å². The summed E-state index contributed by atoms with van der Waals surface area (Å²) in [4.78, 5) is 16.0. The number of nitrogens with one attached hydrogen (secondary N) is 1. The molecule has 0 radical (unpaired) electrons. The first-order valence-electron chi connectivity index (χ1n) is 8.23. The van der Waals surface area contributed by atoms with Gasteiger partial charge in [-0.1, -0.05) is 47.6 Å². The molecule has 136 valence electrons. The van der Waals surface area contributed by atoms with Crippen LogP contribution in [0, 0.1) is 0 Å². The average Bonchev–Trinajstić information content (AvgIpc) is 2.33. The first-order valence-corrected chi connectivity index (χ1v) is 10.1. The van der Waals surface area contributed by atoms with E-state index in [2.05, 4.69) is 10.3 Å². The van der Waals surface area contributed by atoms with Crippen molar-refractivity contribution in [3.05, 3.63) is 18.3 Å². The number of amides is 1. The molecule has 24 heavy (non-hydrogen) atoms. The minimum atomic E-state index is -3.34. The van der Waals surface area contributed by atoms with E-state index in [1.54, 1.807) is 39.1 Å². The van der Waals surface area contributed by atoms with Crippen LogP contribution < -0.4 is 10.5 Å². The Morgan fingerprint density at radius 1 is 1.04 bits per heavy atom. The SMILES string of the molecule is CC(C)(C)OC(=O)Nc1ccc([Si](F)(C(C)(C)C)C(C)(C)C)cn1. The van der Waals surface area contributed by atoms with Crippen molar-refractivity contribution in [2.24, 2.45) is 0 Å². The van der Waals surface area contributed by atoms with Crippen LogP contribution in [-0.4, -0.2) is 25.1 Å². The fraction of sp³-hybridized carbons (Fsp3) is 0.667. The Hall–Kier alpha value is -1.43. The van der Waals surface area contributed by atoms with Crippen LogP contribution in [-0.2, 0) is 4.74 Å². The molecule has 1 rings (SSSR count). The maximum Gasteiger partial charge on any atom is 0.413 e. The number of halogens is 1. The van der Waals surface area contributed by atoms with E-state index in [0.717, 1.165) is 0 Å². The molecule has 1 amide bonds. The fourth-order valence-corrected chi connectivity index (χ4v) is 7.61. The van der Waals surface area contributed by atoms with Gasteiger partial charge < -0.3 is 8.84 Å². The number of anilines is 1. The van der Waals surface area contributed by atoms with Gasteiger partial charge in [-0.15, -0.1) is 0 Å². The molecule has 0 aromatic carbocycles. The van der Waals surface area contributed by atoms with Gasteiger partial charge in [0.25, 0.3) is 8.41 Å². The van der Waals surface area contributed by atoms with Gasteiger partial charge in [-0.05, 0) is 42.1 Å². The lowest BCUT2D eigenvalue weighted by Gasteiger charge is -2.44. The number of hydrogen-bond donors (Lipinski definition) is 1. The highest BCUT2D eigenvalue weighted by molar-refractivity contribution is 6.90. The summed E-state index contributed by atoms with van der Waals surface area (Å²) < 4.78 is 21.3. The molecule has 0 fully saturated rings. The predicted molar refractivity (Wildman–Crippen MR) is 100 cm³/mol. The van der Waals surface area contributed by atoms with E-state index in [-0.39, 0.29) is 0 Å². The van der Waals surface area contributed by atoms with Gasteiger partial charge in [0.15, 0.2) is 0 Å². The summed E-state index contributed by atoms with van der Waals surface area (Å²) in [6.45, 7) is 17.0. The molecule has 0 aliphatic rings. The van der Waals surface area contributed by atoms with Crippen molar-refractivity contribution >= 4 is 25.5 Å². The molecular formula is C18H31FN2O2Si. The van der Waals surface area contributed by atoms with E-state index in [0.29, 0.717) is 11.0 Å². The van der Waals surface area contributed by atoms with Crippen LogP contribution in [0.15, 0.2) is 18.3 Å². The smallest absolute Gasteiger partial charge is 0.413 e. The van der Waals surface area contributed by atoms with Gasteiger partial charge in [0, 0.05) is 6.20 Å². The molecule has 0 unspecified atom stereocenters. The molecule has 4 nitrogen and oxygen atoms in total. The minimum absolute atomic E-state index is 0.354. The van der Waals surface area contributed by atoms with Crippen molar-refractivity contribution in [2.45, 2.75) is 78.0 Å². The fourth-order valence-electron chi connectivity index (χ4n) is 3.07. The Bertz CT molecular complexity index is 567. The zero-order valence-corrected chi connectivity index (χ0v) is 17.4. The van der Waals surface area contributed by atoms with Crippen LogP contribution in [0.3, 0.4) is 0 Å². The van der Waals surface area contributed by atoms with Crippen molar-refractivity contribution in [2.75, 3.05) is 5.32 Å². The largest absolute Gasteiger partial charge is 0.444 e. The Morgan fingerprint density at radius 3 is 1.88 bits per heavy atom. The molecule has 0 spiro atoms. The summed E-state index contributed by atoms with van der Waals surface area (Å²) in [5, 5.41) is 2.28. The third-order valence-corrected chi connectivity index (χ3v) is 9.08. The average molecular weight is 355 g/mol. The van der Waals surface area contributed by atoms with Gasteiger partial charge in [-0.3, -0.25) is 5.32 Å². The van der Waals surface area contributed by atoms with E-state index in [1.807, 2.05) is 41.5 Å². The molecule has 1 aromatic heterocycles. The van der Waals surface area contributed by atoms with E-state index >= 15 is 4.11 Å². The second-order valence-electron chi connectivity index (χ2n) is 9.22. The van der Waals surface area contributed by atoms with Gasteiger partial charge >= 0.3 is 6.09 Å². The van der Waals surface area contributed by atoms with Gasteiger partial charge in [0.2, 0.25) is 0 Å². The molecule has 6 heteroatoms. The van der Waals surface area contributed by atoms with E-state index in [4.69, 9.17) is 4.74 Å². The van der Waals surface area contributed by atoms with E-state index in [1.165, 1.54) is 0 Å². The van der Waals surface area contributed by atoms with Crippen molar-refractivity contribution in [3.8, 4) is 0 Å². The number of pyridine rings is 1. The van der Waals surface area contributed by atoms with Crippen molar-refractivity contribution in [1.29, 1.82) is 0 Å². The third kappa shape index (κ3) is 4.56. The highest BCUT2D eigenvalue weighted by Crippen LogP contribution is 2.51. The molecule has 1 N–H and O–H groups in total. The Labute approximate surface area is 146 Å². The Balaban J connectivity index is 3.07. The first-order chi connectivity index (χ1) is 10.6. The Morgan fingerprint density at radius 2 is 1.54 bits per heavy atom. The monoisotopic (exact) mass is 354 g/mol. The zero-order valence-electron chi connectivity index (χ0n) is 16.4. The van der Waals surface area contributed by atoms with Crippen LogP contribution in [0.2, 0.25) is 10.1 Å². The molecule has 1 heterocycles. The van der Waals surface area contributed by atoms with Crippen LogP contribution in [0.1, 0.15) is 62.3 Å². The molecular weight excluding hydrogens is 323 g/mol. The zero-order chi connectivity index (χ0) is 19.0. The van der Waals surface area contributed by atoms with Gasteiger partial charge in [0.05, 0.1) is 0 Å². The predicted octanol–water partition coefficient (Wildman–Crippen LogP) is 5.15. The second kappa shape index (κ2) is 6.46. The molecule has 0 atom stereocenters. The molecule has 0 bridgehead atoms. The van der Waals surface area contributed by atoms with Gasteiger partial charge in [0.1, 0.15) is 11.4 Å². The molecule has 0 saturated carbocycles. The number of carbonyl (C=O) groups is 1. The highest BCUT2D eigenvalue weighted by atomic mass is 28.4. The highest BCUT2D eigenvalue weighted by Gasteiger charge is 2.56. The van der Waals surface area contributed by atoms with Crippen molar-refractivity contribution in [3.63, 3.8) is 0 Å². The third-order valence-electron chi connectivity index (χ3n) is 3.86. The van der Waals surface area contributed by atoms with E-state index in [9.17, 15) is 4.79 Å². The first kappa shape index (κ1) is 20.6. The molecule has 0 aliphatic heterocycles. The summed E-state index contributed by atoms with van der Waals surface area (Å²) in [6.07, 6.45) is 0.980. The second-order valence-corrected chi connectivity index (χ2v) is 14.1. The number of ether oxygens (including phenoxy) is 1. The van der Waals surface area contributed by atoms with Crippen LogP contribution >= 0.6 is 0 Å². The summed E-state index contributed by atoms with van der Waals surface area (Å²) in [7, 11) is -3.34. The molecule has 0 saturated heterocycles. The standard InChI is InChI=1S/C18H31FN2O2Si/c1-16(2,3)23-15(22)21-14-11-10-13(12-20-14)24(19,17(4,5)6)18(7,8)9/h10-12H,1-9H3,(H,20,21,22).